The fraction of sp³-hybridized carbons (Fsp3) is 0.750. The van der Waals surface area contributed by atoms with Gasteiger partial charge in [0.2, 0.25) is 10.0 Å². The van der Waals surface area contributed by atoms with E-state index in [4.69, 9.17) is 0 Å². The second-order valence-corrected chi connectivity index (χ2v) is 7.21. The molecule has 0 saturated heterocycles. The molecule has 6 nitrogen and oxygen atoms in total. The Kier molecular flexibility index (Phi) is 5.11. The number of nitrogens with zero attached hydrogens (tertiary/aromatic N) is 2. The summed E-state index contributed by atoms with van der Waals surface area (Å²) in [4.78, 5) is 0. The molecule has 0 amide bonds. The van der Waals surface area contributed by atoms with Crippen LogP contribution in [0.2, 0.25) is 0 Å². The molecule has 0 spiro atoms. The van der Waals surface area contributed by atoms with Crippen molar-refractivity contribution in [3.05, 3.63) is 17.5 Å². The molecular formula is C12H24N4O2S. The van der Waals surface area contributed by atoms with E-state index in [1.165, 1.54) is 6.26 Å². The molecule has 0 aliphatic carbocycles. The van der Waals surface area contributed by atoms with Crippen molar-refractivity contribution in [2.75, 3.05) is 12.8 Å². The molecule has 0 aromatic carbocycles. The Morgan fingerprint density at radius 2 is 2.05 bits per heavy atom. The number of sulfonamides is 1. The lowest BCUT2D eigenvalue weighted by Gasteiger charge is -2.25. The van der Waals surface area contributed by atoms with E-state index in [1.807, 2.05) is 25.6 Å². The summed E-state index contributed by atoms with van der Waals surface area (Å²) in [6, 6.07) is 2.06. The summed E-state index contributed by atoms with van der Waals surface area (Å²) in [6.45, 7) is 6.98. The molecule has 1 aromatic rings. The van der Waals surface area contributed by atoms with Crippen LogP contribution in [0.15, 0.2) is 6.07 Å². The van der Waals surface area contributed by atoms with Crippen LogP contribution < -0.4 is 10.0 Å². The van der Waals surface area contributed by atoms with Gasteiger partial charge in [-0.05, 0) is 26.3 Å². The van der Waals surface area contributed by atoms with Crippen molar-refractivity contribution in [3.8, 4) is 0 Å². The first-order chi connectivity index (χ1) is 8.63. The second-order valence-electron chi connectivity index (χ2n) is 5.47. The van der Waals surface area contributed by atoms with Gasteiger partial charge in [-0.25, -0.2) is 13.1 Å². The van der Waals surface area contributed by atoms with Crippen LogP contribution in [0.4, 0.5) is 0 Å². The summed E-state index contributed by atoms with van der Waals surface area (Å²) >= 11 is 0. The van der Waals surface area contributed by atoms with E-state index in [1.54, 1.807) is 0 Å². The first kappa shape index (κ1) is 16.1. The molecule has 0 atom stereocenters. The molecule has 0 unspecified atom stereocenters. The Morgan fingerprint density at radius 1 is 1.42 bits per heavy atom. The van der Waals surface area contributed by atoms with Gasteiger partial charge >= 0.3 is 0 Å². The molecule has 0 fully saturated rings. The van der Waals surface area contributed by atoms with E-state index in [2.05, 4.69) is 28.1 Å². The zero-order chi connectivity index (χ0) is 14.7. The predicted molar refractivity (Wildman–Crippen MR) is 76.4 cm³/mol. The molecule has 7 heteroatoms. The number of rotatable bonds is 7. The monoisotopic (exact) mass is 288 g/mol. The van der Waals surface area contributed by atoms with Crippen molar-refractivity contribution in [2.45, 2.75) is 39.3 Å². The van der Waals surface area contributed by atoms with Crippen molar-refractivity contribution < 1.29 is 8.42 Å². The van der Waals surface area contributed by atoms with Gasteiger partial charge in [-0.2, -0.15) is 5.10 Å². The Hall–Kier alpha value is -0.920. The normalized spacial score (nSPS) is 12.9. The number of hydrogen-bond donors (Lipinski definition) is 2. The maximum Gasteiger partial charge on any atom is 0.209 e. The third kappa shape index (κ3) is 5.71. The Bertz CT molecular complexity index is 520. The third-order valence-corrected chi connectivity index (χ3v) is 3.65. The SMILES string of the molecule is CCc1cc(CNCC(C)(C)NS(C)(=O)=O)n(C)n1. The minimum atomic E-state index is -3.19. The van der Waals surface area contributed by atoms with Crippen molar-refractivity contribution in [1.29, 1.82) is 0 Å². The lowest BCUT2D eigenvalue weighted by molar-refractivity contribution is 0.417. The summed E-state index contributed by atoms with van der Waals surface area (Å²) in [6.07, 6.45) is 2.08. The fourth-order valence-electron chi connectivity index (χ4n) is 1.95. The maximum absolute atomic E-state index is 11.2. The van der Waals surface area contributed by atoms with Gasteiger partial charge in [-0.15, -0.1) is 0 Å². The smallest absolute Gasteiger partial charge is 0.209 e. The summed E-state index contributed by atoms with van der Waals surface area (Å²) in [5.41, 5.74) is 1.64. The van der Waals surface area contributed by atoms with Crippen LogP contribution in [0.3, 0.4) is 0 Å². The molecule has 1 rings (SSSR count). The van der Waals surface area contributed by atoms with E-state index in [0.29, 0.717) is 13.1 Å². The molecule has 1 heterocycles. The van der Waals surface area contributed by atoms with Gasteiger partial charge in [0.05, 0.1) is 17.6 Å². The van der Waals surface area contributed by atoms with Gasteiger partial charge in [0.15, 0.2) is 0 Å². The molecule has 2 N–H and O–H groups in total. The van der Waals surface area contributed by atoms with Crippen LogP contribution >= 0.6 is 0 Å². The highest BCUT2D eigenvalue weighted by Crippen LogP contribution is 2.05. The van der Waals surface area contributed by atoms with Crippen molar-refractivity contribution in [1.82, 2.24) is 19.8 Å². The molecule has 0 saturated carbocycles. The first-order valence-corrected chi connectivity index (χ1v) is 8.23. The molecule has 19 heavy (non-hydrogen) atoms. The van der Waals surface area contributed by atoms with Crippen molar-refractivity contribution in [3.63, 3.8) is 0 Å². The number of aryl methyl sites for hydroxylation is 2. The van der Waals surface area contributed by atoms with Crippen LogP contribution in [0.5, 0.6) is 0 Å². The Morgan fingerprint density at radius 3 is 2.53 bits per heavy atom. The predicted octanol–water partition coefficient (Wildman–Crippen LogP) is 0.400. The van der Waals surface area contributed by atoms with Gasteiger partial charge in [0.1, 0.15) is 0 Å². The van der Waals surface area contributed by atoms with Gasteiger partial charge in [-0.1, -0.05) is 6.92 Å². The Balaban J connectivity index is 2.51. The zero-order valence-corrected chi connectivity index (χ0v) is 13.1. The molecule has 0 radical (unpaired) electrons. The average Bonchev–Trinajstić information content (AvgIpc) is 2.56. The quantitative estimate of drug-likeness (QED) is 0.761. The lowest BCUT2D eigenvalue weighted by Crippen LogP contribution is -2.49. The molecule has 0 aliphatic heterocycles. The zero-order valence-electron chi connectivity index (χ0n) is 12.3. The summed E-state index contributed by atoms with van der Waals surface area (Å²) in [5.74, 6) is 0. The third-order valence-electron chi connectivity index (χ3n) is 2.72. The second kappa shape index (κ2) is 6.02. The molecule has 0 aliphatic rings. The topological polar surface area (TPSA) is 76.0 Å². The van der Waals surface area contributed by atoms with E-state index in [-0.39, 0.29) is 0 Å². The standard InChI is InChI=1S/C12H24N4O2S/c1-6-10-7-11(16(4)14-10)8-13-9-12(2,3)15-19(5,17)18/h7,13,15H,6,8-9H2,1-5H3. The summed E-state index contributed by atoms with van der Waals surface area (Å²) < 4.78 is 26.9. The summed E-state index contributed by atoms with van der Waals surface area (Å²) in [5, 5.41) is 7.62. The van der Waals surface area contributed by atoms with Gasteiger partial charge in [0, 0.05) is 25.7 Å². The lowest BCUT2D eigenvalue weighted by atomic mass is 10.1. The fourth-order valence-corrected chi connectivity index (χ4v) is 3.03. The van der Waals surface area contributed by atoms with Crippen molar-refractivity contribution >= 4 is 10.0 Å². The molecular weight excluding hydrogens is 264 g/mol. The number of nitrogens with one attached hydrogen (secondary N) is 2. The number of hydrogen-bond acceptors (Lipinski definition) is 4. The molecule has 1 aromatic heterocycles. The number of aromatic nitrogens is 2. The average molecular weight is 288 g/mol. The van der Waals surface area contributed by atoms with E-state index in [0.717, 1.165) is 17.8 Å². The van der Waals surface area contributed by atoms with Crippen LogP contribution in [0, 0.1) is 0 Å². The van der Waals surface area contributed by atoms with Crippen LogP contribution in [-0.4, -0.2) is 36.5 Å². The van der Waals surface area contributed by atoms with Gasteiger partial charge < -0.3 is 5.32 Å². The van der Waals surface area contributed by atoms with Gasteiger partial charge in [-0.3, -0.25) is 4.68 Å². The van der Waals surface area contributed by atoms with E-state index < -0.39 is 15.6 Å². The van der Waals surface area contributed by atoms with Crippen LogP contribution in [0.25, 0.3) is 0 Å². The minimum Gasteiger partial charge on any atom is -0.309 e. The van der Waals surface area contributed by atoms with E-state index in [9.17, 15) is 8.42 Å². The van der Waals surface area contributed by atoms with E-state index >= 15 is 0 Å². The van der Waals surface area contributed by atoms with Crippen LogP contribution in [-0.2, 0) is 30.0 Å². The molecule has 110 valence electrons. The largest absolute Gasteiger partial charge is 0.309 e. The van der Waals surface area contributed by atoms with Gasteiger partial charge in [0.25, 0.3) is 0 Å². The highest BCUT2D eigenvalue weighted by Gasteiger charge is 2.21. The molecule has 0 bridgehead atoms. The summed E-state index contributed by atoms with van der Waals surface area (Å²) in [7, 11) is -1.28. The highest BCUT2D eigenvalue weighted by molar-refractivity contribution is 7.88. The Labute approximate surface area is 115 Å². The first-order valence-electron chi connectivity index (χ1n) is 6.34. The minimum absolute atomic E-state index is 0.514. The van der Waals surface area contributed by atoms with Crippen LogP contribution in [0.1, 0.15) is 32.2 Å². The highest BCUT2D eigenvalue weighted by atomic mass is 32.2. The maximum atomic E-state index is 11.2. The van der Waals surface area contributed by atoms with Crippen molar-refractivity contribution in [2.24, 2.45) is 7.05 Å².